The van der Waals surface area contributed by atoms with Crippen LogP contribution in [0.3, 0.4) is 0 Å². The van der Waals surface area contributed by atoms with Gasteiger partial charge in [0.1, 0.15) is 18.3 Å². The molecule has 1 aliphatic carbocycles. The van der Waals surface area contributed by atoms with Crippen molar-refractivity contribution in [1.82, 2.24) is 0 Å². The first-order valence-corrected chi connectivity index (χ1v) is 14.0. The van der Waals surface area contributed by atoms with Gasteiger partial charge in [-0.1, -0.05) is 128 Å². The Morgan fingerprint density at radius 3 is 1.05 bits per heavy atom. The van der Waals surface area contributed by atoms with Gasteiger partial charge in [-0.3, -0.25) is 0 Å². The molecule has 1 fully saturated rings. The Labute approximate surface area is 257 Å². The van der Waals surface area contributed by atoms with Gasteiger partial charge in [0.15, 0.2) is 0 Å². The second-order valence-corrected chi connectivity index (χ2v) is 10.4. The molecule has 1 N–H and O–H groups in total. The fourth-order valence-electron chi connectivity index (χ4n) is 5.25. The van der Waals surface area contributed by atoms with Gasteiger partial charge in [0.2, 0.25) is 0 Å². The molecule has 6 heteroatoms. The van der Waals surface area contributed by atoms with Gasteiger partial charge in [-0.25, -0.2) is 0 Å². The van der Waals surface area contributed by atoms with Crippen molar-refractivity contribution in [2.75, 3.05) is 0 Å². The van der Waals surface area contributed by atoms with E-state index in [4.69, 9.17) is 18.9 Å². The molecule has 41 heavy (non-hydrogen) atoms. The van der Waals surface area contributed by atoms with Crippen LogP contribution in [0, 0.1) is 5.92 Å². The molecule has 0 aromatic heterocycles. The molecular weight excluding hydrogens is 684 g/mol. The Hall–Kier alpha value is -2.63. The molecule has 0 amide bonds. The summed E-state index contributed by atoms with van der Waals surface area (Å²) in [6.45, 7) is 3.55. The van der Waals surface area contributed by atoms with E-state index in [1.54, 1.807) is 0 Å². The van der Waals surface area contributed by atoms with Crippen LogP contribution in [0.1, 0.15) is 29.2 Å². The maximum absolute atomic E-state index is 11.6. The Morgan fingerprint density at radius 2 is 0.707 bits per heavy atom. The number of hydrogen-bond donors (Lipinski definition) is 1. The van der Waals surface area contributed by atoms with Crippen LogP contribution in [-0.2, 0) is 66.4 Å². The van der Waals surface area contributed by atoms with Crippen LogP contribution in [0.25, 0.3) is 0 Å². The number of aliphatic hydroxyl groups excluding tert-OH is 1. The number of hydrogen-bond acceptors (Lipinski definition) is 5. The van der Waals surface area contributed by atoms with Crippen molar-refractivity contribution < 1.29 is 45.1 Å². The summed E-state index contributed by atoms with van der Waals surface area (Å²) >= 11 is 0. The van der Waals surface area contributed by atoms with Gasteiger partial charge in [0.05, 0.1) is 38.6 Å². The maximum Gasteiger partial charge on any atom is 0.115 e. The van der Waals surface area contributed by atoms with Crippen LogP contribution in [-0.4, -0.2) is 35.6 Å². The van der Waals surface area contributed by atoms with E-state index in [9.17, 15) is 5.11 Å². The molecular formula is C35H38O5W. The summed E-state index contributed by atoms with van der Waals surface area (Å²) in [6, 6.07) is 40.2. The average molecular weight is 723 g/mol. The molecule has 6 atom stereocenters. The van der Waals surface area contributed by atoms with E-state index in [0.717, 1.165) is 22.3 Å². The van der Waals surface area contributed by atoms with E-state index in [1.807, 2.05) is 128 Å². The zero-order chi connectivity index (χ0) is 27.6. The molecule has 0 heterocycles. The fraction of sp³-hybridized carbons (Fsp3) is 0.314. The number of rotatable bonds is 12. The minimum atomic E-state index is -0.804. The molecule has 0 saturated heterocycles. The molecule has 1 aliphatic rings. The Balaban J connectivity index is 0.00000387. The molecule has 4 aromatic rings. The summed E-state index contributed by atoms with van der Waals surface area (Å²) in [5.74, 6) is -0.248. The van der Waals surface area contributed by atoms with E-state index >= 15 is 0 Å². The maximum atomic E-state index is 11.6. The zero-order valence-electron chi connectivity index (χ0n) is 23.3. The van der Waals surface area contributed by atoms with Crippen LogP contribution in [0.15, 0.2) is 121 Å². The molecule has 5 rings (SSSR count). The van der Waals surface area contributed by atoms with Gasteiger partial charge in [-0.05, 0) is 22.3 Å². The summed E-state index contributed by atoms with van der Waals surface area (Å²) in [7, 11) is 0. The molecule has 0 spiro atoms. The van der Waals surface area contributed by atoms with Crippen molar-refractivity contribution in [3.63, 3.8) is 0 Å². The molecule has 0 aliphatic heterocycles. The van der Waals surface area contributed by atoms with Crippen molar-refractivity contribution in [2.24, 2.45) is 5.92 Å². The number of aliphatic hydroxyl groups is 1. The largest absolute Gasteiger partial charge is 0.390 e. The molecule has 4 aromatic carbocycles. The second-order valence-electron chi connectivity index (χ2n) is 10.4. The van der Waals surface area contributed by atoms with E-state index in [0.29, 0.717) is 26.4 Å². The number of ether oxygens (including phenoxy) is 4. The van der Waals surface area contributed by atoms with E-state index < -0.39 is 30.5 Å². The second kappa shape index (κ2) is 16.1. The van der Waals surface area contributed by atoms with Crippen LogP contribution in [0.2, 0.25) is 0 Å². The monoisotopic (exact) mass is 722 g/mol. The Kier molecular flexibility index (Phi) is 12.3. The summed E-state index contributed by atoms with van der Waals surface area (Å²) in [4.78, 5) is 0. The molecule has 1 saturated carbocycles. The molecule has 0 bridgehead atoms. The summed E-state index contributed by atoms with van der Waals surface area (Å²) in [5, 5.41) is 11.6. The summed E-state index contributed by atoms with van der Waals surface area (Å²) in [5.41, 5.74) is 4.20. The minimum Gasteiger partial charge on any atom is -0.390 e. The van der Waals surface area contributed by atoms with E-state index in [-0.39, 0.29) is 27.0 Å². The predicted molar refractivity (Wildman–Crippen MR) is 155 cm³/mol. The SMILES string of the molecule is C[C@@H]1C(O)C(OCc2ccccc2)[C@H](OCc2ccccc2)[C@H](OCc2ccccc2)C1OCc1ccccc1.[W]. The van der Waals surface area contributed by atoms with Gasteiger partial charge in [0.25, 0.3) is 0 Å². The molecule has 3 unspecified atom stereocenters. The van der Waals surface area contributed by atoms with Crippen LogP contribution in [0.5, 0.6) is 0 Å². The summed E-state index contributed by atoms with van der Waals surface area (Å²) < 4.78 is 26.2. The van der Waals surface area contributed by atoms with Crippen LogP contribution >= 0.6 is 0 Å². The molecule has 5 nitrogen and oxygen atoms in total. The van der Waals surface area contributed by atoms with Crippen molar-refractivity contribution in [3.05, 3.63) is 144 Å². The smallest absolute Gasteiger partial charge is 0.115 e. The van der Waals surface area contributed by atoms with Crippen molar-refractivity contribution in [3.8, 4) is 0 Å². The third-order valence-corrected chi connectivity index (χ3v) is 7.51. The first-order valence-electron chi connectivity index (χ1n) is 14.0. The minimum absolute atomic E-state index is 0. The van der Waals surface area contributed by atoms with E-state index in [2.05, 4.69) is 0 Å². The Morgan fingerprint density at radius 1 is 0.439 bits per heavy atom. The predicted octanol–water partition coefficient (Wildman–Crippen LogP) is 6.34. The number of benzene rings is 4. The van der Waals surface area contributed by atoms with Gasteiger partial charge in [0, 0.05) is 27.0 Å². The van der Waals surface area contributed by atoms with Crippen LogP contribution in [0.4, 0.5) is 0 Å². The summed E-state index contributed by atoms with van der Waals surface area (Å²) in [6.07, 6.45) is -2.83. The first kappa shape index (κ1) is 31.3. The normalized spacial score (nSPS) is 24.0. The fourth-order valence-corrected chi connectivity index (χ4v) is 5.25. The zero-order valence-corrected chi connectivity index (χ0v) is 26.3. The average Bonchev–Trinajstić information content (AvgIpc) is 3.01. The van der Waals surface area contributed by atoms with Crippen LogP contribution < -0.4 is 0 Å². The van der Waals surface area contributed by atoms with E-state index in [1.165, 1.54) is 0 Å². The molecule has 0 radical (unpaired) electrons. The topological polar surface area (TPSA) is 57.2 Å². The third kappa shape index (κ3) is 8.68. The third-order valence-electron chi connectivity index (χ3n) is 7.51. The van der Waals surface area contributed by atoms with Gasteiger partial charge in [-0.15, -0.1) is 0 Å². The standard InChI is InChI=1S/C35H38O5.W/c1-26-31(36)33(38-23-28-16-8-3-9-17-28)35(40-25-30-20-12-5-13-21-30)34(39-24-29-18-10-4-11-19-29)32(26)37-22-27-14-6-2-7-15-27;/h2-21,26,31-36H,22-25H2,1H3;/t26-,31?,32?,33?,34-,35+;/m1./s1. The van der Waals surface area contributed by atoms with Crippen molar-refractivity contribution >= 4 is 0 Å². The first-order chi connectivity index (χ1) is 19.7. The van der Waals surface area contributed by atoms with Crippen molar-refractivity contribution in [2.45, 2.75) is 63.9 Å². The van der Waals surface area contributed by atoms with Gasteiger partial charge >= 0.3 is 0 Å². The Bertz CT molecular complexity index is 1160. The van der Waals surface area contributed by atoms with Gasteiger partial charge in [-0.2, -0.15) is 0 Å². The quantitative estimate of drug-likeness (QED) is 0.185. The molecule has 214 valence electrons. The van der Waals surface area contributed by atoms with Crippen molar-refractivity contribution in [1.29, 1.82) is 0 Å². The van der Waals surface area contributed by atoms with Gasteiger partial charge < -0.3 is 24.1 Å².